The van der Waals surface area contributed by atoms with E-state index in [-0.39, 0.29) is 5.91 Å². The Labute approximate surface area is 117 Å². The minimum Gasteiger partial charge on any atom is -0.310 e. The molecule has 0 saturated carbocycles. The molecule has 4 heteroatoms. The smallest absolute Gasteiger partial charge is 0.235 e. The molecule has 98 valence electrons. The molecule has 0 aliphatic carbocycles. The van der Waals surface area contributed by atoms with Crippen LogP contribution in [0.15, 0.2) is 54.7 Å². The lowest BCUT2D eigenvalue weighted by Gasteiger charge is -2.04. The van der Waals surface area contributed by atoms with Crippen molar-refractivity contribution in [3.63, 3.8) is 0 Å². The van der Waals surface area contributed by atoms with Crippen molar-refractivity contribution < 1.29 is 4.79 Å². The number of hydrogen-bond donors (Lipinski definition) is 1. The first-order valence-electron chi connectivity index (χ1n) is 6.17. The first-order valence-corrected chi connectivity index (χ1v) is 7.32. The summed E-state index contributed by atoms with van der Waals surface area (Å²) in [6.45, 7) is 0. The lowest BCUT2D eigenvalue weighted by molar-refractivity contribution is -0.113. The van der Waals surface area contributed by atoms with E-state index in [1.807, 2.05) is 30.3 Å². The molecule has 0 spiro atoms. The highest BCUT2D eigenvalue weighted by molar-refractivity contribution is 7.99. The van der Waals surface area contributed by atoms with E-state index in [0.29, 0.717) is 11.6 Å². The topological polar surface area (TPSA) is 42.0 Å². The number of nitrogens with one attached hydrogen (secondary N) is 1. The van der Waals surface area contributed by atoms with Gasteiger partial charge < -0.3 is 5.32 Å². The number of pyridine rings is 1. The van der Waals surface area contributed by atoms with Gasteiger partial charge in [0.1, 0.15) is 5.82 Å². The first-order chi connectivity index (χ1) is 9.34. The van der Waals surface area contributed by atoms with Gasteiger partial charge in [-0.05, 0) is 29.9 Å². The van der Waals surface area contributed by atoms with Gasteiger partial charge in [-0.3, -0.25) is 4.79 Å². The molecule has 1 N–H and O–H groups in total. The van der Waals surface area contributed by atoms with Gasteiger partial charge in [-0.25, -0.2) is 4.98 Å². The Kier molecular flexibility index (Phi) is 5.44. The number of benzene rings is 1. The van der Waals surface area contributed by atoms with Gasteiger partial charge in [-0.15, -0.1) is 0 Å². The Bertz CT molecular complexity index is 502. The second kappa shape index (κ2) is 7.59. The number of rotatable bonds is 6. The number of anilines is 1. The Balaban J connectivity index is 1.65. The minimum atomic E-state index is -0.00300. The molecule has 3 nitrogen and oxygen atoms in total. The van der Waals surface area contributed by atoms with Crippen molar-refractivity contribution in [1.82, 2.24) is 4.98 Å². The molecule has 1 aromatic carbocycles. The molecule has 0 unspecified atom stereocenters. The van der Waals surface area contributed by atoms with Crippen molar-refractivity contribution in [2.45, 2.75) is 6.42 Å². The molecule has 1 heterocycles. The fourth-order valence-electron chi connectivity index (χ4n) is 1.62. The normalized spacial score (nSPS) is 10.1. The van der Waals surface area contributed by atoms with Crippen molar-refractivity contribution in [1.29, 1.82) is 0 Å². The zero-order valence-electron chi connectivity index (χ0n) is 10.6. The Morgan fingerprint density at radius 1 is 1.11 bits per heavy atom. The van der Waals surface area contributed by atoms with Crippen LogP contribution in [0, 0.1) is 0 Å². The Hall–Kier alpha value is -1.81. The number of carbonyl (C=O) groups is 1. The number of hydrogen-bond acceptors (Lipinski definition) is 3. The van der Waals surface area contributed by atoms with Crippen LogP contribution in [0.1, 0.15) is 5.56 Å². The summed E-state index contributed by atoms with van der Waals surface area (Å²) < 4.78 is 0. The van der Waals surface area contributed by atoms with E-state index >= 15 is 0 Å². The molecule has 1 amide bonds. The number of thioether (sulfide) groups is 1. The lowest BCUT2D eigenvalue weighted by Crippen LogP contribution is -2.15. The van der Waals surface area contributed by atoms with Gasteiger partial charge in [0.15, 0.2) is 0 Å². The molecular weight excluding hydrogens is 256 g/mol. The molecule has 2 rings (SSSR count). The van der Waals surface area contributed by atoms with E-state index in [1.54, 1.807) is 24.0 Å². The summed E-state index contributed by atoms with van der Waals surface area (Å²) in [7, 11) is 0. The van der Waals surface area contributed by atoms with Crippen LogP contribution in [0.25, 0.3) is 0 Å². The van der Waals surface area contributed by atoms with E-state index < -0.39 is 0 Å². The SMILES string of the molecule is O=C(CSCCc1ccccc1)Nc1ccccn1. The van der Waals surface area contributed by atoms with Crippen LogP contribution in [-0.4, -0.2) is 22.4 Å². The van der Waals surface area contributed by atoms with Crippen molar-refractivity contribution in [3.05, 3.63) is 60.3 Å². The monoisotopic (exact) mass is 272 g/mol. The molecule has 19 heavy (non-hydrogen) atoms. The summed E-state index contributed by atoms with van der Waals surface area (Å²) in [5.74, 6) is 2.01. The van der Waals surface area contributed by atoms with Crippen LogP contribution in [0.5, 0.6) is 0 Å². The van der Waals surface area contributed by atoms with Gasteiger partial charge in [0.25, 0.3) is 0 Å². The zero-order valence-corrected chi connectivity index (χ0v) is 11.4. The summed E-state index contributed by atoms with van der Waals surface area (Å²) in [6, 6.07) is 15.8. The molecule has 0 aliphatic heterocycles. The maximum absolute atomic E-state index is 11.7. The third-order valence-corrected chi connectivity index (χ3v) is 3.50. The molecule has 0 saturated heterocycles. The van der Waals surface area contributed by atoms with Crippen molar-refractivity contribution >= 4 is 23.5 Å². The second-order valence-corrected chi connectivity index (χ2v) is 5.16. The average molecular weight is 272 g/mol. The first kappa shape index (κ1) is 13.6. The van der Waals surface area contributed by atoms with Gasteiger partial charge in [-0.2, -0.15) is 11.8 Å². The quantitative estimate of drug-likeness (QED) is 0.822. The van der Waals surface area contributed by atoms with Crippen molar-refractivity contribution in [2.75, 3.05) is 16.8 Å². The predicted octanol–water partition coefficient (Wildman–Crippen LogP) is 3.00. The zero-order chi connectivity index (χ0) is 13.3. The van der Waals surface area contributed by atoms with E-state index in [1.165, 1.54) is 5.56 Å². The third kappa shape index (κ3) is 5.14. The summed E-state index contributed by atoms with van der Waals surface area (Å²) >= 11 is 1.64. The fourth-order valence-corrected chi connectivity index (χ4v) is 2.40. The number of aryl methyl sites for hydroxylation is 1. The maximum atomic E-state index is 11.7. The largest absolute Gasteiger partial charge is 0.310 e. The number of nitrogens with zero attached hydrogens (tertiary/aromatic N) is 1. The average Bonchev–Trinajstić information content (AvgIpc) is 2.46. The molecular formula is C15H16N2OS. The van der Waals surface area contributed by atoms with Crippen LogP contribution in [0.3, 0.4) is 0 Å². The molecule has 0 radical (unpaired) electrons. The van der Waals surface area contributed by atoms with Crippen LogP contribution < -0.4 is 5.32 Å². The van der Waals surface area contributed by atoms with Gasteiger partial charge >= 0.3 is 0 Å². The van der Waals surface area contributed by atoms with E-state index in [9.17, 15) is 4.79 Å². The van der Waals surface area contributed by atoms with Crippen LogP contribution in [0.4, 0.5) is 5.82 Å². The summed E-state index contributed by atoms with van der Waals surface area (Å²) in [4.78, 5) is 15.7. The number of amides is 1. The van der Waals surface area contributed by atoms with Gasteiger partial charge in [0.05, 0.1) is 5.75 Å². The predicted molar refractivity (Wildman–Crippen MR) is 80.3 cm³/mol. The van der Waals surface area contributed by atoms with Gasteiger partial charge in [0.2, 0.25) is 5.91 Å². The van der Waals surface area contributed by atoms with E-state index in [4.69, 9.17) is 0 Å². The van der Waals surface area contributed by atoms with Crippen LogP contribution in [-0.2, 0) is 11.2 Å². The highest BCUT2D eigenvalue weighted by atomic mass is 32.2. The van der Waals surface area contributed by atoms with Crippen molar-refractivity contribution in [2.24, 2.45) is 0 Å². The Morgan fingerprint density at radius 2 is 1.89 bits per heavy atom. The second-order valence-electron chi connectivity index (χ2n) is 4.05. The molecule has 1 aromatic heterocycles. The molecule has 0 fully saturated rings. The third-order valence-electron chi connectivity index (χ3n) is 2.54. The van der Waals surface area contributed by atoms with Crippen LogP contribution >= 0.6 is 11.8 Å². The fraction of sp³-hybridized carbons (Fsp3) is 0.200. The Morgan fingerprint density at radius 3 is 2.63 bits per heavy atom. The van der Waals surface area contributed by atoms with Gasteiger partial charge in [-0.1, -0.05) is 36.4 Å². The molecule has 0 bridgehead atoms. The van der Waals surface area contributed by atoms with Crippen LogP contribution in [0.2, 0.25) is 0 Å². The highest BCUT2D eigenvalue weighted by Crippen LogP contribution is 2.08. The van der Waals surface area contributed by atoms with Gasteiger partial charge in [0, 0.05) is 6.20 Å². The standard InChI is InChI=1S/C15H16N2OS/c18-15(17-14-8-4-5-10-16-14)12-19-11-9-13-6-2-1-3-7-13/h1-8,10H,9,11-12H2,(H,16,17,18). The summed E-state index contributed by atoms with van der Waals surface area (Å²) in [5, 5.41) is 2.77. The van der Waals surface area contributed by atoms with E-state index in [2.05, 4.69) is 22.4 Å². The summed E-state index contributed by atoms with van der Waals surface area (Å²) in [5.41, 5.74) is 1.31. The lowest BCUT2D eigenvalue weighted by atomic mass is 10.2. The molecule has 2 aromatic rings. The molecule has 0 aliphatic rings. The maximum Gasteiger partial charge on any atom is 0.235 e. The number of carbonyl (C=O) groups excluding carboxylic acids is 1. The van der Waals surface area contributed by atoms with E-state index in [0.717, 1.165) is 12.2 Å². The van der Waals surface area contributed by atoms with Crippen molar-refractivity contribution in [3.8, 4) is 0 Å². The minimum absolute atomic E-state index is 0.00300. The highest BCUT2D eigenvalue weighted by Gasteiger charge is 2.02. The number of aromatic nitrogens is 1. The summed E-state index contributed by atoms with van der Waals surface area (Å²) in [6.07, 6.45) is 2.65. The molecule has 0 atom stereocenters.